The van der Waals surface area contributed by atoms with Crippen molar-refractivity contribution in [3.63, 3.8) is 0 Å². The van der Waals surface area contributed by atoms with Gasteiger partial charge in [0.1, 0.15) is 0 Å². The lowest BCUT2D eigenvalue weighted by atomic mass is 10.1. The molecule has 0 spiro atoms. The van der Waals surface area contributed by atoms with Crippen molar-refractivity contribution in [3.05, 3.63) is 42.0 Å². The minimum Gasteiger partial charge on any atom is -0.478 e. The van der Waals surface area contributed by atoms with E-state index in [-0.39, 0.29) is 0 Å². The fourth-order valence-corrected chi connectivity index (χ4v) is 2.12. The van der Waals surface area contributed by atoms with Gasteiger partial charge in [-0.15, -0.1) is 0 Å². The predicted octanol–water partition coefficient (Wildman–Crippen LogP) is 0.738. The third kappa shape index (κ3) is 9.38. The average Bonchev–Trinajstić information content (AvgIpc) is 2.63. The minimum atomic E-state index is -1.26. The standard InChI is InChI=1S/C14H22N4O.C4H4O4/c1-17(2)14(15)16-13-6-4-3-5-12(13)11-18-7-9-19-10-8-18;5-3(6)1-2-4(7)8/h3-6H,7-11H2,1-2H3,(H2,15,16);1-2H,(H,5,6)(H,7,8)/b;2-1+. The number of aliphatic imine (C=N–C) groups is 1. The highest BCUT2D eigenvalue weighted by molar-refractivity contribution is 5.89. The molecule has 0 atom stereocenters. The van der Waals surface area contributed by atoms with Gasteiger partial charge in [-0.05, 0) is 11.6 Å². The molecule has 1 aromatic carbocycles. The summed E-state index contributed by atoms with van der Waals surface area (Å²) < 4.78 is 5.37. The number of hydrogen-bond donors (Lipinski definition) is 3. The van der Waals surface area contributed by atoms with E-state index in [9.17, 15) is 9.59 Å². The van der Waals surface area contributed by atoms with Gasteiger partial charge in [0.2, 0.25) is 0 Å². The molecular weight excluding hydrogens is 352 g/mol. The Morgan fingerprint density at radius 3 is 2.26 bits per heavy atom. The highest BCUT2D eigenvalue weighted by Crippen LogP contribution is 2.21. The molecular formula is C18H26N4O5. The molecule has 1 saturated heterocycles. The Labute approximate surface area is 158 Å². The second-order valence-corrected chi connectivity index (χ2v) is 5.89. The smallest absolute Gasteiger partial charge is 0.328 e. The van der Waals surface area contributed by atoms with Crippen LogP contribution in [-0.2, 0) is 20.9 Å². The molecule has 0 bridgehead atoms. The number of nitrogens with zero attached hydrogens (tertiary/aromatic N) is 3. The predicted molar refractivity (Wildman–Crippen MR) is 102 cm³/mol. The topological polar surface area (TPSA) is 129 Å². The maximum absolute atomic E-state index is 9.55. The number of nitrogens with two attached hydrogens (primary N) is 1. The zero-order valence-corrected chi connectivity index (χ0v) is 15.5. The Balaban J connectivity index is 0.000000387. The van der Waals surface area contributed by atoms with Crippen LogP contribution in [0.25, 0.3) is 0 Å². The van der Waals surface area contributed by atoms with E-state index in [0.29, 0.717) is 18.1 Å². The molecule has 0 unspecified atom stereocenters. The molecule has 0 aromatic heterocycles. The van der Waals surface area contributed by atoms with Crippen molar-refractivity contribution in [2.75, 3.05) is 40.4 Å². The number of hydrogen-bond acceptors (Lipinski definition) is 5. The summed E-state index contributed by atoms with van der Waals surface area (Å²) in [5.41, 5.74) is 8.04. The molecule has 27 heavy (non-hydrogen) atoms. The number of carboxylic acid groups (broad SMARTS) is 2. The van der Waals surface area contributed by atoms with Crippen LogP contribution in [0.5, 0.6) is 0 Å². The maximum atomic E-state index is 9.55. The average molecular weight is 378 g/mol. The quantitative estimate of drug-likeness (QED) is 0.389. The van der Waals surface area contributed by atoms with Crippen LogP contribution in [-0.4, -0.2) is 78.3 Å². The summed E-state index contributed by atoms with van der Waals surface area (Å²) in [5, 5.41) is 15.6. The molecule has 1 aliphatic rings. The van der Waals surface area contributed by atoms with Crippen molar-refractivity contribution in [3.8, 4) is 0 Å². The fraction of sp³-hybridized carbons (Fsp3) is 0.389. The summed E-state index contributed by atoms with van der Waals surface area (Å²) in [6.45, 7) is 4.46. The second kappa shape index (κ2) is 11.7. The largest absolute Gasteiger partial charge is 0.478 e. The van der Waals surface area contributed by atoms with E-state index in [0.717, 1.165) is 38.5 Å². The highest BCUT2D eigenvalue weighted by atomic mass is 16.5. The minimum absolute atomic E-state index is 0.523. The summed E-state index contributed by atoms with van der Waals surface area (Å²) >= 11 is 0. The molecule has 148 valence electrons. The van der Waals surface area contributed by atoms with Crippen molar-refractivity contribution < 1.29 is 24.5 Å². The first kappa shape index (κ1) is 22.1. The molecule has 4 N–H and O–H groups in total. The first-order valence-electron chi connectivity index (χ1n) is 8.33. The summed E-state index contributed by atoms with van der Waals surface area (Å²) in [4.78, 5) is 27.8. The number of ether oxygens (including phenoxy) is 1. The van der Waals surface area contributed by atoms with Gasteiger partial charge in [0.05, 0.1) is 18.9 Å². The van der Waals surface area contributed by atoms with Crippen LogP contribution in [0.2, 0.25) is 0 Å². The van der Waals surface area contributed by atoms with E-state index in [1.165, 1.54) is 5.56 Å². The van der Waals surface area contributed by atoms with Crippen molar-refractivity contribution in [1.29, 1.82) is 0 Å². The Hall–Kier alpha value is -2.91. The first-order chi connectivity index (χ1) is 12.8. The summed E-state index contributed by atoms with van der Waals surface area (Å²) in [6, 6.07) is 8.15. The Morgan fingerprint density at radius 2 is 1.74 bits per heavy atom. The maximum Gasteiger partial charge on any atom is 0.328 e. The van der Waals surface area contributed by atoms with Crippen LogP contribution in [0.1, 0.15) is 5.56 Å². The van der Waals surface area contributed by atoms with Crippen molar-refractivity contribution in [2.24, 2.45) is 10.7 Å². The van der Waals surface area contributed by atoms with Gasteiger partial charge in [-0.3, -0.25) is 4.90 Å². The second-order valence-electron chi connectivity index (χ2n) is 5.89. The van der Waals surface area contributed by atoms with Gasteiger partial charge in [0.15, 0.2) is 5.96 Å². The van der Waals surface area contributed by atoms with Gasteiger partial charge >= 0.3 is 11.9 Å². The van der Waals surface area contributed by atoms with Crippen molar-refractivity contribution in [2.45, 2.75) is 6.54 Å². The van der Waals surface area contributed by atoms with E-state index < -0.39 is 11.9 Å². The molecule has 1 heterocycles. The molecule has 1 aliphatic heterocycles. The van der Waals surface area contributed by atoms with E-state index in [1.807, 2.05) is 37.2 Å². The van der Waals surface area contributed by atoms with Crippen molar-refractivity contribution >= 4 is 23.6 Å². The van der Waals surface area contributed by atoms with Gasteiger partial charge in [-0.2, -0.15) is 0 Å². The highest BCUT2D eigenvalue weighted by Gasteiger charge is 2.12. The zero-order chi connectivity index (χ0) is 20.2. The van der Waals surface area contributed by atoms with Gasteiger partial charge in [-0.25, -0.2) is 14.6 Å². The van der Waals surface area contributed by atoms with Gasteiger partial charge in [-0.1, -0.05) is 18.2 Å². The molecule has 0 amide bonds. The Morgan fingerprint density at radius 1 is 1.19 bits per heavy atom. The zero-order valence-electron chi connectivity index (χ0n) is 15.5. The molecule has 0 aliphatic carbocycles. The Kier molecular flexibility index (Phi) is 9.55. The molecule has 2 rings (SSSR count). The number of benzene rings is 1. The van der Waals surface area contributed by atoms with E-state index in [1.54, 1.807) is 0 Å². The SMILES string of the molecule is CN(C)C(N)=Nc1ccccc1CN1CCOCC1.O=C(O)/C=C/C(=O)O. The summed E-state index contributed by atoms with van der Waals surface area (Å²) in [5.74, 6) is -1.99. The van der Waals surface area contributed by atoms with Gasteiger partial charge in [0.25, 0.3) is 0 Å². The van der Waals surface area contributed by atoms with E-state index in [4.69, 9.17) is 20.7 Å². The first-order valence-corrected chi connectivity index (χ1v) is 8.33. The number of aliphatic carboxylic acids is 2. The van der Waals surface area contributed by atoms with E-state index in [2.05, 4.69) is 16.0 Å². The summed E-state index contributed by atoms with van der Waals surface area (Å²) in [7, 11) is 3.78. The van der Waals surface area contributed by atoms with Crippen molar-refractivity contribution in [1.82, 2.24) is 9.80 Å². The number of carbonyl (C=O) groups is 2. The molecule has 9 heteroatoms. The lowest BCUT2D eigenvalue weighted by Gasteiger charge is -2.27. The molecule has 1 aromatic rings. The van der Waals surface area contributed by atoms with Crippen LogP contribution in [0.4, 0.5) is 5.69 Å². The fourth-order valence-electron chi connectivity index (χ4n) is 2.12. The van der Waals surface area contributed by atoms with Gasteiger partial charge in [0, 0.05) is 45.9 Å². The van der Waals surface area contributed by atoms with Crippen LogP contribution in [0.3, 0.4) is 0 Å². The Bertz CT molecular complexity index is 666. The lowest BCUT2D eigenvalue weighted by Crippen LogP contribution is -2.35. The monoisotopic (exact) mass is 378 g/mol. The van der Waals surface area contributed by atoms with Crippen LogP contribution < -0.4 is 5.73 Å². The van der Waals surface area contributed by atoms with E-state index >= 15 is 0 Å². The lowest BCUT2D eigenvalue weighted by molar-refractivity contribution is -0.134. The third-order valence-electron chi connectivity index (χ3n) is 3.55. The van der Waals surface area contributed by atoms with Crippen LogP contribution in [0.15, 0.2) is 41.4 Å². The molecule has 9 nitrogen and oxygen atoms in total. The third-order valence-corrected chi connectivity index (χ3v) is 3.55. The number of morpholine rings is 1. The normalized spacial score (nSPS) is 15.1. The summed E-state index contributed by atoms with van der Waals surface area (Å²) in [6.07, 6.45) is 1.12. The molecule has 0 radical (unpaired) electrons. The number of carboxylic acids is 2. The molecule has 0 saturated carbocycles. The van der Waals surface area contributed by atoms with Crippen LogP contribution >= 0.6 is 0 Å². The van der Waals surface area contributed by atoms with Gasteiger partial charge < -0.3 is 25.6 Å². The number of rotatable bonds is 5. The number of guanidine groups is 1. The number of para-hydroxylation sites is 1. The molecule has 1 fully saturated rings. The van der Waals surface area contributed by atoms with Crippen LogP contribution in [0, 0.1) is 0 Å².